The number of carbonyl (C=O) groups is 3. The van der Waals surface area contributed by atoms with Crippen LogP contribution in [0.1, 0.15) is 310 Å². The molecular weight excluding hydrogens is 889 g/mol. The van der Waals surface area contributed by atoms with Gasteiger partial charge in [0.2, 0.25) is 0 Å². The number of hydrogen-bond donors (Lipinski definition) is 0. The second kappa shape index (κ2) is 60.4. The van der Waals surface area contributed by atoms with Gasteiger partial charge in [0.15, 0.2) is 6.10 Å². The molecule has 0 aliphatic rings. The Bertz CT molecular complexity index is 1340. The van der Waals surface area contributed by atoms with Gasteiger partial charge in [0, 0.05) is 19.3 Å². The molecule has 1 unspecified atom stereocenters. The molecule has 1 atom stereocenters. The number of unbranched alkanes of at least 4 members (excludes halogenated alkanes) is 37. The summed E-state index contributed by atoms with van der Waals surface area (Å²) in [5, 5.41) is 0. The lowest BCUT2D eigenvalue weighted by Gasteiger charge is -2.18. The Kier molecular flexibility index (Phi) is 57.8. The Hall–Kier alpha value is -3.15. The van der Waals surface area contributed by atoms with Gasteiger partial charge in [-0.2, -0.15) is 0 Å². The fourth-order valence-corrected chi connectivity index (χ4v) is 8.88. The van der Waals surface area contributed by atoms with E-state index in [4.69, 9.17) is 14.2 Å². The predicted molar refractivity (Wildman–Crippen MR) is 311 cm³/mol. The molecule has 0 spiro atoms. The lowest BCUT2D eigenvalue weighted by molar-refractivity contribution is -0.167. The van der Waals surface area contributed by atoms with Gasteiger partial charge in [-0.1, -0.05) is 299 Å². The summed E-state index contributed by atoms with van der Waals surface area (Å²) < 4.78 is 16.9. The Morgan fingerprint density at radius 3 is 0.875 bits per heavy atom. The summed E-state index contributed by atoms with van der Waals surface area (Å²) in [4.78, 5) is 38.3. The molecule has 0 radical (unpaired) electrons. The highest BCUT2D eigenvalue weighted by Crippen LogP contribution is 2.17. The molecule has 0 aromatic carbocycles. The van der Waals surface area contributed by atoms with Crippen molar-refractivity contribution in [2.45, 2.75) is 316 Å². The molecule has 0 amide bonds. The van der Waals surface area contributed by atoms with Crippen molar-refractivity contribution in [1.29, 1.82) is 0 Å². The van der Waals surface area contributed by atoms with Crippen LogP contribution in [0.25, 0.3) is 0 Å². The van der Waals surface area contributed by atoms with Gasteiger partial charge in [-0.05, 0) is 64.2 Å². The first kappa shape index (κ1) is 68.8. The molecule has 6 heteroatoms. The third-order valence-corrected chi connectivity index (χ3v) is 13.5. The van der Waals surface area contributed by atoms with E-state index in [0.29, 0.717) is 19.3 Å². The van der Waals surface area contributed by atoms with Crippen LogP contribution in [0.4, 0.5) is 0 Å². The first-order chi connectivity index (χ1) is 35.5. The first-order valence-electron chi connectivity index (χ1n) is 31.0. The molecular formula is C66H116O6. The summed E-state index contributed by atoms with van der Waals surface area (Å²) in [6.45, 7) is 6.56. The molecule has 0 aliphatic heterocycles. The summed E-state index contributed by atoms with van der Waals surface area (Å²) >= 11 is 0. The molecule has 0 fully saturated rings. The van der Waals surface area contributed by atoms with E-state index in [1.807, 2.05) is 24.3 Å². The molecule has 0 aliphatic carbocycles. The Morgan fingerprint density at radius 2 is 0.542 bits per heavy atom. The van der Waals surface area contributed by atoms with E-state index in [0.717, 1.165) is 83.5 Å². The van der Waals surface area contributed by atoms with Crippen molar-refractivity contribution < 1.29 is 28.6 Å². The highest BCUT2D eigenvalue weighted by Gasteiger charge is 2.19. The van der Waals surface area contributed by atoms with Crippen LogP contribution in [0, 0.1) is 0 Å². The average molecular weight is 1010 g/mol. The van der Waals surface area contributed by atoms with Crippen LogP contribution < -0.4 is 0 Å². The molecule has 72 heavy (non-hydrogen) atoms. The quantitative estimate of drug-likeness (QED) is 0.0199. The van der Waals surface area contributed by atoms with E-state index in [2.05, 4.69) is 69.4 Å². The van der Waals surface area contributed by atoms with Crippen LogP contribution in [0.3, 0.4) is 0 Å². The normalized spacial score (nSPS) is 12.5. The number of ether oxygens (including phenoxy) is 3. The van der Waals surface area contributed by atoms with Gasteiger partial charge in [-0.15, -0.1) is 0 Å². The summed E-state index contributed by atoms with van der Waals surface area (Å²) in [5.41, 5.74) is 0. The van der Waals surface area contributed by atoms with Gasteiger partial charge in [0.1, 0.15) is 13.2 Å². The maximum atomic E-state index is 12.9. The van der Waals surface area contributed by atoms with Gasteiger partial charge in [0.25, 0.3) is 0 Å². The van der Waals surface area contributed by atoms with Crippen molar-refractivity contribution in [3.63, 3.8) is 0 Å². The molecule has 0 N–H and O–H groups in total. The largest absolute Gasteiger partial charge is 0.462 e. The van der Waals surface area contributed by atoms with E-state index < -0.39 is 6.10 Å². The van der Waals surface area contributed by atoms with E-state index >= 15 is 0 Å². The lowest BCUT2D eigenvalue weighted by atomic mass is 10.0. The smallest absolute Gasteiger partial charge is 0.306 e. The van der Waals surface area contributed by atoms with Crippen molar-refractivity contribution in [3.05, 3.63) is 72.9 Å². The molecule has 0 heterocycles. The highest BCUT2D eigenvalue weighted by atomic mass is 16.6. The van der Waals surface area contributed by atoms with Crippen LogP contribution in [0.2, 0.25) is 0 Å². The van der Waals surface area contributed by atoms with E-state index in [-0.39, 0.29) is 31.1 Å². The minimum atomic E-state index is -0.790. The maximum Gasteiger partial charge on any atom is 0.306 e. The van der Waals surface area contributed by atoms with E-state index in [1.165, 1.54) is 186 Å². The number of carbonyl (C=O) groups excluding carboxylic acids is 3. The van der Waals surface area contributed by atoms with E-state index in [1.54, 1.807) is 0 Å². The van der Waals surface area contributed by atoms with Crippen molar-refractivity contribution in [2.75, 3.05) is 13.2 Å². The van der Waals surface area contributed by atoms with E-state index in [9.17, 15) is 14.4 Å². The minimum absolute atomic E-state index is 0.0847. The molecule has 0 bridgehead atoms. The van der Waals surface area contributed by atoms with Gasteiger partial charge >= 0.3 is 17.9 Å². The molecule has 0 saturated carbocycles. The molecule has 0 aromatic rings. The lowest BCUT2D eigenvalue weighted by Crippen LogP contribution is -2.30. The van der Waals surface area contributed by atoms with Crippen molar-refractivity contribution >= 4 is 17.9 Å². The standard InChI is InChI=1S/C66H116O6/c1-4-7-10-13-16-19-22-25-28-31-33-36-38-41-44-47-50-53-56-59-65(68)71-62-63(61-70-64(67)58-55-52-49-46-43-40-37-34-30-27-24-21-18-15-12-9-6-3)72-66(69)60-57-54-51-48-45-42-39-35-32-29-26-23-20-17-14-11-8-5-2/h11,14,17,20,23,26-27,29-30,32,35,39,63H,4-10,12-13,15-16,18-19,21-22,24-25,28,31,33-34,36-38,40-62H2,1-3H3/b14-11-,20-17-,26-23-,30-27-,32-29-,39-35-. The predicted octanol–water partition coefficient (Wildman–Crippen LogP) is 20.9. The highest BCUT2D eigenvalue weighted by molar-refractivity contribution is 5.71. The summed E-state index contributed by atoms with van der Waals surface area (Å²) in [6, 6.07) is 0. The zero-order valence-electron chi connectivity index (χ0n) is 47.7. The average Bonchev–Trinajstić information content (AvgIpc) is 3.38. The summed E-state index contributed by atoms with van der Waals surface area (Å²) in [5.74, 6) is -0.899. The third kappa shape index (κ3) is 57.7. The van der Waals surface area contributed by atoms with Crippen molar-refractivity contribution in [3.8, 4) is 0 Å². The van der Waals surface area contributed by atoms with Gasteiger partial charge in [0.05, 0.1) is 0 Å². The van der Waals surface area contributed by atoms with Gasteiger partial charge in [-0.3, -0.25) is 14.4 Å². The summed E-state index contributed by atoms with van der Waals surface area (Å²) in [7, 11) is 0. The zero-order chi connectivity index (χ0) is 52.2. The SMILES string of the molecule is CCC\C=C/C=C\C=C/C=C\C=C/CCCCCCCC(=O)OC(COC(=O)CCCCCCCCC/C=C\CCCCCCCC)COC(=O)CCCCCCCCCCCCCCCCCCCCC. The third-order valence-electron chi connectivity index (χ3n) is 13.5. The molecule has 6 nitrogen and oxygen atoms in total. The van der Waals surface area contributed by atoms with Gasteiger partial charge < -0.3 is 14.2 Å². The summed E-state index contributed by atoms with van der Waals surface area (Å²) in [6.07, 6.45) is 77.5. The second-order valence-corrected chi connectivity index (χ2v) is 20.7. The molecule has 0 aromatic heterocycles. The van der Waals surface area contributed by atoms with Crippen LogP contribution in [-0.2, 0) is 28.6 Å². The van der Waals surface area contributed by atoms with Crippen LogP contribution in [-0.4, -0.2) is 37.2 Å². The minimum Gasteiger partial charge on any atom is -0.462 e. The topological polar surface area (TPSA) is 78.9 Å². The molecule has 0 saturated heterocycles. The monoisotopic (exact) mass is 1000 g/mol. The second-order valence-electron chi connectivity index (χ2n) is 20.7. The van der Waals surface area contributed by atoms with Crippen LogP contribution in [0.5, 0.6) is 0 Å². The maximum absolute atomic E-state index is 12.9. The Balaban J connectivity index is 4.41. The number of esters is 3. The molecule has 0 rings (SSSR count). The Morgan fingerprint density at radius 1 is 0.278 bits per heavy atom. The van der Waals surface area contributed by atoms with Crippen molar-refractivity contribution in [2.24, 2.45) is 0 Å². The van der Waals surface area contributed by atoms with Crippen LogP contribution in [0.15, 0.2) is 72.9 Å². The first-order valence-corrected chi connectivity index (χ1v) is 31.0. The van der Waals surface area contributed by atoms with Crippen LogP contribution >= 0.6 is 0 Å². The zero-order valence-corrected chi connectivity index (χ0v) is 47.7. The van der Waals surface area contributed by atoms with Gasteiger partial charge in [-0.25, -0.2) is 0 Å². The molecule has 416 valence electrons. The number of allylic oxidation sites excluding steroid dienone is 12. The number of hydrogen-bond acceptors (Lipinski definition) is 6. The van der Waals surface area contributed by atoms with Crippen molar-refractivity contribution in [1.82, 2.24) is 0 Å². The Labute approximate surface area is 446 Å². The fraction of sp³-hybridized carbons (Fsp3) is 0.773. The fourth-order valence-electron chi connectivity index (χ4n) is 8.88. The number of rotatable bonds is 56.